The van der Waals surface area contributed by atoms with Gasteiger partial charge in [0.2, 0.25) is 0 Å². The van der Waals surface area contributed by atoms with Crippen molar-refractivity contribution in [2.45, 2.75) is 13.0 Å². The number of hydrogen-bond donors (Lipinski definition) is 1. The van der Waals surface area contributed by atoms with E-state index in [0.717, 1.165) is 43.6 Å². The van der Waals surface area contributed by atoms with E-state index in [1.54, 1.807) is 14.2 Å². The number of ether oxygens (including phenoxy) is 2. The van der Waals surface area contributed by atoms with Gasteiger partial charge in [-0.1, -0.05) is 0 Å². The lowest BCUT2D eigenvalue weighted by Crippen LogP contribution is -2.24. The third kappa shape index (κ3) is 3.61. The zero-order valence-corrected chi connectivity index (χ0v) is 12.1. The van der Waals surface area contributed by atoms with E-state index in [1.807, 2.05) is 19.2 Å². The van der Waals surface area contributed by atoms with Crippen molar-refractivity contribution in [2.75, 3.05) is 40.9 Å². The summed E-state index contributed by atoms with van der Waals surface area (Å²) in [6.45, 7) is 4.35. The van der Waals surface area contributed by atoms with Crippen molar-refractivity contribution >= 4 is 0 Å². The summed E-state index contributed by atoms with van der Waals surface area (Å²) in [4.78, 5) is 2.49. The van der Waals surface area contributed by atoms with Gasteiger partial charge < -0.3 is 14.8 Å². The minimum Gasteiger partial charge on any atom is -0.497 e. The molecule has 106 valence electrons. The summed E-state index contributed by atoms with van der Waals surface area (Å²) in [6, 6.07) is 6.00. The molecular weight excluding hydrogens is 240 g/mol. The molecule has 4 nitrogen and oxygen atoms in total. The molecule has 1 aromatic carbocycles. The molecule has 19 heavy (non-hydrogen) atoms. The van der Waals surface area contributed by atoms with Gasteiger partial charge in [0.1, 0.15) is 11.5 Å². The van der Waals surface area contributed by atoms with Crippen molar-refractivity contribution in [1.29, 1.82) is 0 Å². The number of methoxy groups -OCH3 is 2. The normalized spacial score (nSPS) is 19.6. The third-order valence-corrected chi connectivity index (χ3v) is 3.74. The Morgan fingerprint density at radius 3 is 2.84 bits per heavy atom. The minimum absolute atomic E-state index is 0.765. The molecule has 4 heteroatoms. The molecule has 1 unspecified atom stereocenters. The largest absolute Gasteiger partial charge is 0.497 e. The fourth-order valence-electron chi connectivity index (χ4n) is 2.76. The fraction of sp³-hybridized carbons (Fsp3) is 0.600. The highest BCUT2D eigenvalue weighted by Crippen LogP contribution is 2.27. The van der Waals surface area contributed by atoms with Gasteiger partial charge in [0, 0.05) is 18.7 Å². The summed E-state index contributed by atoms with van der Waals surface area (Å²) in [7, 11) is 5.44. The van der Waals surface area contributed by atoms with Gasteiger partial charge in [0.25, 0.3) is 0 Å². The van der Waals surface area contributed by atoms with Crippen LogP contribution in [0.3, 0.4) is 0 Å². The summed E-state index contributed by atoms with van der Waals surface area (Å²) >= 11 is 0. The Bertz CT molecular complexity index is 409. The van der Waals surface area contributed by atoms with Crippen LogP contribution in [-0.4, -0.2) is 45.8 Å². The molecule has 1 heterocycles. The first kappa shape index (κ1) is 14.2. The monoisotopic (exact) mass is 264 g/mol. The van der Waals surface area contributed by atoms with Gasteiger partial charge >= 0.3 is 0 Å². The number of benzene rings is 1. The molecule has 1 aromatic rings. The Labute approximate surface area is 115 Å². The molecule has 0 saturated carbocycles. The van der Waals surface area contributed by atoms with Crippen LogP contribution >= 0.6 is 0 Å². The molecule has 0 aromatic heterocycles. The molecular formula is C15H24N2O2. The van der Waals surface area contributed by atoms with Crippen LogP contribution in [0.1, 0.15) is 12.0 Å². The highest BCUT2D eigenvalue weighted by Gasteiger charge is 2.22. The lowest BCUT2D eigenvalue weighted by molar-refractivity contribution is 0.306. The van der Waals surface area contributed by atoms with Gasteiger partial charge in [0.05, 0.1) is 14.2 Å². The zero-order chi connectivity index (χ0) is 13.7. The van der Waals surface area contributed by atoms with Crippen molar-refractivity contribution in [3.8, 4) is 11.5 Å². The van der Waals surface area contributed by atoms with Crippen LogP contribution in [0, 0.1) is 5.92 Å². The fourth-order valence-corrected chi connectivity index (χ4v) is 2.76. The summed E-state index contributed by atoms with van der Waals surface area (Å²) in [5, 5.41) is 3.26. The first-order valence-corrected chi connectivity index (χ1v) is 6.84. The molecule has 0 amide bonds. The standard InChI is InChI=1S/C15H24N2O2/c1-16-9-12-6-7-17(10-12)11-13-8-14(18-2)4-5-15(13)19-3/h4-5,8,12,16H,6-7,9-11H2,1-3H3. The maximum Gasteiger partial charge on any atom is 0.123 e. The Hall–Kier alpha value is -1.26. The summed E-state index contributed by atoms with van der Waals surface area (Å²) in [6.07, 6.45) is 1.27. The van der Waals surface area contributed by atoms with Crippen molar-refractivity contribution in [3.63, 3.8) is 0 Å². The third-order valence-electron chi connectivity index (χ3n) is 3.74. The molecule has 0 bridgehead atoms. The van der Waals surface area contributed by atoms with E-state index in [9.17, 15) is 0 Å². The number of hydrogen-bond acceptors (Lipinski definition) is 4. The number of likely N-dealkylation sites (tertiary alicyclic amines) is 1. The summed E-state index contributed by atoms with van der Waals surface area (Å²) < 4.78 is 10.7. The van der Waals surface area contributed by atoms with Crippen LogP contribution in [0.2, 0.25) is 0 Å². The van der Waals surface area contributed by atoms with Gasteiger partial charge in [-0.05, 0) is 50.7 Å². The average Bonchev–Trinajstić information content (AvgIpc) is 2.86. The van der Waals surface area contributed by atoms with E-state index in [-0.39, 0.29) is 0 Å². The van der Waals surface area contributed by atoms with Gasteiger partial charge in [-0.3, -0.25) is 4.90 Å². The first-order chi connectivity index (χ1) is 9.26. The second kappa shape index (κ2) is 6.78. The van der Waals surface area contributed by atoms with Gasteiger partial charge in [-0.2, -0.15) is 0 Å². The SMILES string of the molecule is CNCC1CCN(Cc2cc(OC)ccc2OC)C1. The van der Waals surface area contributed by atoms with E-state index in [1.165, 1.54) is 12.0 Å². The maximum absolute atomic E-state index is 5.43. The number of rotatable bonds is 6. The van der Waals surface area contributed by atoms with Crippen LogP contribution in [0.25, 0.3) is 0 Å². The molecule has 1 fully saturated rings. The van der Waals surface area contributed by atoms with E-state index < -0.39 is 0 Å². The lowest BCUT2D eigenvalue weighted by Gasteiger charge is -2.18. The predicted molar refractivity (Wildman–Crippen MR) is 76.9 cm³/mol. The van der Waals surface area contributed by atoms with Crippen molar-refractivity contribution in [3.05, 3.63) is 23.8 Å². The molecule has 0 spiro atoms. The highest BCUT2D eigenvalue weighted by atomic mass is 16.5. The Morgan fingerprint density at radius 1 is 1.32 bits per heavy atom. The Kier molecular flexibility index (Phi) is 5.05. The second-order valence-corrected chi connectivity index (χ2v) is 5.13. The average molecular weight is 264 g/mol. The topological polar surface area (TPSA) is 33.7 Å². The quantitative estimate of drug-likeness (QED) is 0.848. The van der Waals surface area contributed by atoms with Crippen molar-refractivity contribution < 1.29 is 9.47 Å². The van der Waals surface area contributed by atoms with Crippen LogP contribution < -0.4 is 14.8 Å². The molecule has 1 aliphatic rings. The maximum atomic E-state index is 5.43. The van der Waals surface area contributed by atoms with Crippen LogP contribution in [-0.2, 0) is 6.54 Å². The van der Waals surface area contributed by atoms with Gasteiger partial charge in [-0.25, -0.2) is 0 Å². The smallest absolute Gasteiger partial charge is 0.123 e. The van der Waals surface area contributed by atoms with Crippen LogP contribution in [0.4, 0.5) is 0 Å². The van der Waals surface area contributed by atoms with Crippen LogP contribution in [0.15, 0.2) is 18.2 Å². The molecule has 1 saturated heterocycles. The second-order valence-electron chi connectivity index (χ2n) is 5.13. The molecule has 1 atom stereocenters. The molecule has 2 rings (SSSR count). The summed E-state index contributed by atoms with van der Waals surface area (Å²) in [5.74, 6) is 2.60. The Morgan fingerprint density at radius 2 is 2.16 bits per heavy atom. The zero-order valence-electron chi connectivity index (χ0n) is 12.1. The lowest BCUT2D eigenvalue weighted by atomic mass is 10.1. The van der Waals surface area contributed by atoms with Crippen molar-refractivity contribution in [1.82, 2.24) is 10.2 Å². The highest BCUT2D eigenvalue weighted by molar-refractivity contribution is 5.40. The van der Waals surface area contributed by atoms with E-state index in [4.69, 9.17) is 9.47 Å². The summed E-state index contributed by atoms with van der Waals surface area (Å²) in [5.41, 5.74) is 1.20. The molecule has 0 aliphatic carbocycles. The Balaban J connectivity index is 2.02. The van der Waals surface area contributed by atoms with E-state index >= 15 is 0 Å². The van der Waals surface area contributed by atoms with E-state index in [0.29, 0.717) is 0 Å². The number of nitrogens with zero attached hydrogens (tertiary/aromatic N) is 1. The minimum atomic E-state index is 0.765. The molecule has 0 radical (unpaired) electrons. The van der Waals surface area contributed by atoms with Gasteiger partial charge in [0.15, 0.2) is 0 Å². The molecule has 1 N–H and O–H groups in total. The van der Waals surface area contributed by atoms with Crippen LogP contribution in [0.5, 0.6) is 11.5 Å². The van der Waals surface area contributed by atoms with Gasteiger partial charge in [-0.15, -0.1) is 0 Å². The van der Waals surface area contributed by atoms with E-state index in [2.05, 4.69) is 16.3 Å². The number of nitrogens with one attached hydrogen (secondary N) is 1. The predicted octanol–water partition coefficient (Wildman–Crippen LogP) is 1.75. The molecule has 1 aliphatic heterocycles. The van der Waals surface area contributed by atoms with Crippen molar-refractivity contribution in [2.24, 2.45) is 5.92 Å². The first-order valence-electron chi connectivity index (χ1n) is 6.84.